The maximum atomic E-state index is 5.15. The second kappa shape index (κ2) is 8.21. The van der Waals surface area contributed by atoms with Crippen molar-refractivity contribution in [3.63, 3.8) is 0 Å². The van der Waals surface area contributed by atoms with Crippen LogP contribution in [0.5, 0.6) is 0 Å². The molecule has 0 radical (unpaired) electrons. The Balaban J connectivity index is 4.55. The summed E-state index contributed by atoms with van der Waals surface area (Å²) >= 11 is 0. The van der Waals surface area contributed by atoms with Gasteiger partial charge in [0.05, 0.1) is 11.9 Å². The van der Waals surface area contributed by atoms with Crippen LogP contribution in [0, 0.1) is 0 Å². The molecule has 0 aliphatic heterocycles. The van der Waals surface area contributed by atoms with Crippen molar-refractivity contribution in [1.29, 1.82) is 0 Å². The van der Waals surface area contributed by atoms with E-state index >= 15 is 0 Å². The molecule has 0 saturated carbocycles. The Bertz CT molecular complexity index is 306. The summed E-state index contributed by atoms with van der Waals surface area (Å²) in [6, 6.07) is 0. The number of rotatable bonds is 6. The van der Waals surface area contributed by atoms with E-state index in [1.54, 1.807) is 0 Å². The third kappa shape index (κ3) is 8.48. The van der Waals surface area contributed by atoms with Gasteiger partial charge < -0.3 is 22.9 Å². The quantitative estimate of drug-likeness (QED) is 0.262. The van der Waals surface area contributed by atoms with Crippen LogP contribution in [0.25, 0.3) is 0 Å². The molecule has 0 aliphatic carbocycles. The summed E-state index contributed by atoms with van der Waals surface area (Å²) in [5.74, 6) is -0.225. The highest BCUT2D eigenvalue weighted by molar-refractivity contribution is 6.30. The molecule has 16 heavy (non-hydrogen) atoms. The first-order valence-electron chi connectivity index (χ1n) is 4.83. The number of hydrogen-bond acceptors (Lipinski definition) is 4. The fourth-order valence-electron chi connectivity index (χ4n) is 0.782. The molecule has 0 spiro atoms. The van der Waals surface area contributed by atoms with Gasteiger partial charge in [-0.2, -0.15) is 10.2 Å². The van der Waals surface area contributed by atoms with E-state index in [2.05, 4.69) is 27.3 Å². The lowest BCUT2D eigenvalue weighted by Crippen LogP contribution is -2.22. The van der Waals surface area contributed by atoms with Crippen LogP contribution in [0.1, 0.15) is 26.2 Å². The van der Waals surface area contributed by atoms with Gasteiger partial charge in [-0.1, -0.05) is 13.3 Å². The molecule has 0 aliphatic rings. The Morgan fingerprint density at radius 1 is 1.00 bits per heavy atom. The van der Waals surface area contributed by atoms with Gasteiger partial charge in [0.2, 0.25) is 11.9 Å². The summed E-state index contributed by atoms with van der Waals surface area (Å²) < 4.78 is 0. The lowest BCUT2D eigenvalue weighted by molar-refractivity contribution is 0.836. The Morgan fingerprint density at radius 3 is 2.12 bits per heavy atom. The standard InChI is InChI=1S/C8H18N8/c1-2-3-4-6(14-16-8(11)12)5-13-15-7(9)10/h5H,2-4H2,1H3,(H4,9,10,15)(H4,11,12,16)/b13-5+,14-6+. The van der Waals surface area contributed by atoms with Crippen molar-refractivity contribution in [3.8, 4) is 0 Å². The molecule has 0 saturated heterocycles. The van der Waals surface area contributed by atoms with Crippen molar-refractivity contribution in [3.05, 3.63) is 0 Å². The summed E-state index contributed by atoms with van der Waals surface area (Å²) in [6.45, 7) is 2.06. The SMILES string of the molecule is CCCCC(/C=N/N=C(N)N)=N\N=C(N)N. The Morgan fingerprint density at radius 2 is 1.62 bits per heavy atom. The van der Waals surface area contributed by atoms with Gasteiger partial charge in [0, 0.05) is 0 Å². The fourth-order valence-corrected chi connectivity index (χ4v) is 0.782. The molecule has 8 N–H and O–H groups in total. The molecule has 0 atom stereocenters. The molecular formula is C8H18N8. The van der Waals surface area contributed by atoms with Crippen molar-refractivity contribution in [2.24, 2.45) is 43.3 Å². The monoisotopic (exact) mass is 226 g/mol. The van der Waals surface area contributed by atoms with E-state index in [9.17, 15) is 0 Å². The average molecular weight is 226 g/mol. The smallest absolute Gasteiger partial charge is 0.211 e. The van der Waals surface area contributed by atoms with Gasteiger partial charge >= 0.3 is 0 Å². The minimum atomic E-state index is -0.118. The largest absolute Gasteiger partial charge is 0.369 e. The number of hydrogen-bond donors (Lipinski definition) is 4. The molecule has 0 unspecified atom stereocenters. The van der Waals surface area contributed by atoms with Crippen LogP contribution < -0.4 is 22.9 Å². The first-order chi connectivity index (χ1) is 7.56. The van der Waals surface area contributed by atoms with E-state index < -0.39 is 0 Å². The summed E-state index contributed by atoms with van der Waals surface area (Å²) in [7, 11) is 0. The first kappa shape index (κ1) is 13.9. The van der Waals surface area contributed by atoms with Crippen molar-refractivity contribution >= 4 is 23.8 Å². The fraction of sp³-hybridized carbons (Fsp3) is 0.500. The van der Waals surface area contributed by atoms with Crippen molar-refractivity contribution < 1.29 is 0 Å². The summed E-state index contributed by atoms with van der Waals surface area (Å²) in [6.07, 6.45) is 4.10. The van der Waals surface area contributed by atoms with E-state index in [1.165, 1.54) is 6.21 Å². The highest BCUT2D eigenvalue weighted by Crippen LogP contribution is 1.96. The van der Waals surface area contributed by atoms with Crippen molar-refractivity contribution in [2.45, 2.75) is 26.2 Å². The Labute approximate surface area is 94.2 Å². The predicted octanol–water partition coefficient (Wildman–Crippen LogP) is -0.935. The molecule has 0 bridgehead atoms. The van der Waals surface area contributed by atoms with E-state index in [0.29, 0.717) is 12.1 Å². The molecule has 0 aromatic heterocycles. The van der Waals surface area contributed by atoms with Crippen LogP contribution in [0.15, 0.2) is 20.4 Å². The van der Waals surface area contributed by atoms with Gasteiger partial charge in [0.1, 0.15) is 0 Å². The number of guanidine groups is 2. The first-order valence-corrected chi connectivity index (χ1v) is 4.83. The number of unbranched alkanes of at least 4 members (excludes halogenated alkanes) is 1. The van der Waals surface area contributed by atoms with Gasteiger partial charge in [-0.15, -0.1) is 10.2 Å². The van der Waals surface area contributed by atoms with Crippen LogP contribution in [0.3, 0.4) is 0 Å². The molecule has 90 valence electrons. The maximum absolute atomic E-state index is 5.15. The highest BCUT2D eigenvalue weighted by Gasteiger charge is 1.95. The van der Waals surface area contributed by atoms with Crippen LogP contribution in [-0.4, -0.2) is 23.8 Å². The zero-order valence-electron chi connectivity index (χ0n) is 9.30. The molecule has 0 aromatic carbocycles. The lowest BCUT2D eigenvalue weighted by atomic mass is 10.2. The van der Waals surface area contributed by atoms with Gasteiger partial charge in [-0.25, -0.2) is 0 Å². The molecule has 8 nitrogen and oxygen atoms in total. The highest BCUT2D eigenvalue weighted by atomic mass is 15.3. The Hall–Kier alpha value is -2.12. The van der Waals surface area contributed by atoms with Gasteiger partial charge in [0.25, 0.3) is 0 Å². The van der Waals surface area contributed by atoms with E-state index in [0.717, 1.165) is 12.8 Å². The topological polar surface area (TPSA) is 154 Å². The van der Waals surface area contributed by atoms with Gasteiger partial charge in [-0.3, -0.25) is 0 Å². The summed E-state index contributed by atoms with van der Waals surface area (Å²) in [5, 5.41) is 14.4. The van der Waals surface area contributed by atoms with Crippen molar-refractivity contribution in [2.75, 3.05) is 0 Å². The van der Waals surface area contributed by atoms with E-state index in [-0.39, 0.29) is 11.9 Å². The van der Waals surface area contributed by atoms with Crippen molar-refractivity contribution in [1.82, 2.24) is 0 Å². The number of nitrogens with zero attached hydrogens (tertiary/aromatic N) is 4. The molecule has 0 aromatic rings. The van der Waals surface area contributed by atoms with Gasteiger partial charge in [-0.05, 0) is 12.8 Å². The molecule has 8 heteroatoms. The molecular weight excluding hydrogens is 208 g/mol. The third-order valence-corrected chi connectivity index (χ3v) is 1.46. The molecule has 0 rings (SSSR count). The second-order valence-electron chi connectivity index (χ2n) is 2.99. The van der Waals surface area contributed by atoms with Crippen LogP contribution in [-0.2, 0) is 0 Å². The summed E-state index contributed by atoms with van der Waals surface area (Å²) in [5.41, 5.74) is 21.1. The lowest BCUT2D eigenvalue weighted by Gasteiger charge is -1.96. The van der Waals surface area contributed by atoms with Gasteiger partial charge in [0.15, 0.2) is 0 Å². The predicted molar refractivity (Wildman–Crippen MR) is 67.1 cm³/mol. The molecule has 0 heterocycles. The average Bonchev–Trinajstić information content (AvgIpc) is 2.20. The minimum absolute atomic E-state index is 0.107. The Kier molecular flexibility index (Phi) is 7.12. The van der Waals surface area contributed by atoms with E-state index in [4.69, 9.17) is 22.9 Å². The second-order valence-corrected chi connectivity index (χ2v) is 2.99. The van der Waals surface area contributed by atoms with Crippen LogP contribution in [0.4, 0.5) is 0 Å². The third-order valence-electron chi connectivity index (χ3n) is 1.46. The van der Waals surface area contributed by atoms with Crippen LogP contribution >= 0.6 is 0 Å². The molecule has 0 fully saturated rings. The van der Waals surface area contributed by atoms with E-state index in [1.807, 2.05) is 0 Å². The normalized spacial score (nSPS) is 11.4. The zero-order chi connectivity index (χ0) is 12.4. The minimum Gasteiger partial charge on any atom is -0.369 e. The maximum Gasteiger partial charge on any atom is 0.211 e. The molecule has 0 amide bonds. The summed E-state index contributed by atoms with van der Waals surface area (Å²) in [4.78, 5) is 0. The zero-order valence-corrected chi connectivity index (χ0v) is 9.30. The van der Waals surface area contributed by atoms with Crippen LogP contribution in [0.2, 0.25) is 0 Å². The number of nitrogens with two attached hydrogens (primary N) is 4.